The standard InChI is InChI=1S/C22H25FN4O3S/c1-30-22(29)20-16-8-6-15(7-9-18(16)25-26-20)24-21(28)19-13-27(10-11-31-19)12-14-4-2-3-5-17(14)23/h3,5-7,9,19H,2,4,8,10-13H2,1H3,(H,24,28)(H,25,26). The van der Waals surface area contributed by atoms with Gasteiger partial charge in [0.1, 0.15) is 5.83 Å². The zero-order valence-corrected chi connectivity index (χ0v) is 18.1. The second-order valence-electron chi connectivity index (χ2n) is 7.63. The molecule has 0 spiro atoms. The molecule has 0 radical (unpaired) electrons. The molecule has 0 bridgehead atoms. The fourth-order valence-corrected chi connectivity index (χ4v) is 5.04. The summed E-state index contributed by atoms with van der Waals surface area (Å²) in [6.07, 6.45) is 10.9. The highest BCUT2D eigenvalue weighted by atomic mass is 32.2. The molecule has 0 aromatic carbocycles. The van der Waals surface area contributed by atoms with Crippen molar-refractivity contribution in [2.75, 3.05) is 32.5 Å². The monoisotopic (exact) mass is 444 g/mol. The molecule has 0 saturated carbocycles. The van der Waals surface area contributed by atoms with Gasteiger partial charge in [-0.1, -0.05) is 12.2 Å². The van der Waals surface area contributed by atoms with Crippen LogP contribution in [0.15, 0.2) is 41.4 Å². The number of rotatable bonds is 5. The lowest BCUT2D eigenvalue weighted by molar-refractivity contribution is -0.120. The zero-order valence-electron chi connectivity index (χ0n) is 17.3. The third-order valence-corrected chi connectivity index (χ3v) is 6.76. The smallest absolute Gasteiger partial charge is 0.358 e. The maximum Gasteiger partial charge on any atom is 0.358 e. The number of nitrogens with zero attached hydrogens (tertiary/aromatic N) is 2. The van der Waals surface area contributed by atoms with Crippen molar-refractivity contribution in [3.8, 4) is 0 Å². The number of fused-ring (bicyclic) bond motifs is 1. The number of aromatic amines is 1. The number of hydrogen-bond donors (Lipinski definition) is 2. The summed E-state index contributed by atoms with van der Waals surface area (Å²) in [6.45, 7) is 2.00. The number of ether oxygens (including phenoxy) is 1. The molecule has 2 aliphatic carbocycles. The van der Waals surface area contributed by atoms with Crippen LogP contribution < -0.4 is 5.32 Å². The first-order valence-electron chi connectivity index (χ1n) is 10.3. The summed E-state index contributed by atoms with van der Waals surface area (Å²) in [4.78, 5) is 26.9. The van der Waals surface area contributed by atoms with Crippen LogP contribution in [-0.2, 0) is 16.0 Å². The first-order valence-corrected chi connectivity index (χ1v) is 11.3. The number of aromatic nitrogens is 2. The molecule has 1 saturated heterocycles. The predicted molar refractivity (Wildman–Crippen MR) is 118 cm³/mol. The van der Waals surface area contributed by atoms with Crippen molar-refractivity contribution >= 4 is 29.7 Å². The third kappa shape index (κ3) is 4.99. The van der Waals surface area contributed by atoms with Crippen LogP contribution in [0.1, 0.15) is 34.6 Å². The van der Waals surface area contributed by atoms with Crippen LogP contribution in [0.25, 0.3) is 6.08 Å². The molecule has 2 N–H and O–H groups in total. The fraction of sp³-hybridized carbons (Fsp3) is 0.409. The van der Waals surface area contributed by atoms with Crippen molar-refractivity contribution in [3.63, 3.8) is 0 Å². The molecule has 1 aromatic heterocycles. The minimum absolute atomic E-state index is 0.0690. The molecule has 7 nitrogen and oxygen atoms in total. The van der Waals surface area contributed by atoms with Crippen molar-refractivity contribution in [1.82, 2.24) is 20.4 Å². The van der Waals surface area contributed by atoms with Gasteiger partial charge in [-0.25, -0.2) is 9.18 Å². The summed E-state index contributed by atoms with van der Waals surface area (Å²) in [6, 6.07) is 0. The van der Waals surface area contributed by atoms with E-state index in [4.69, 9.17) is 4.74 Å². The van der Waals surface area contributed by atoms with Crippen LogP contribution in [-0.4, -0.2) is 64.7 Å². The second kappa shape index (κ2) is 9.65. The Bertz CT molecular complexity index is 995. The van der Waals surface area contributed by atoms with Gasteiger partial charge in [-0.2, -0.15) is 5.10 Å². The van der Waals surface area contributed by atoms with Crippen molar-refractivity contribution < 1.29 is 18.7 Å². The lowest BCUT2D eigenvalue weighted by atomic mass is 10.0. The Hall–Kier alpha value is -2.65. The van der Waals surface area contributed by atoms with Crippen LogP contribution in [0.2, 0.25) is 0 Å². The maximum absolute atomic E-state index is 14.0. The van der Waals surface area contributed by atoms with Gasteiger partial charge >= 0.3 is 5.97 Å². The summed E-state index contributed by atoms with van der Waals surface area (Å²) in [7, 11) is 1.32. The zero-order chi connectivity index (χ0) is 21.8. The van der Waals surface area contributed by atoms with E-state index in [1.165, 1.54) is 7.11 Å². The number of allylic oxidation sites excluding steroid dienone is 5. The summed E-state index contributed by atoms with van der Waals surface area (Å²) in [5.74, 6) is 0.130. The highest BCUT2D eigenvalue weighted by molar-refractivity contribution is 8.00. The molecular formula is C22H25FN4O3S. The topological polar surface area (TPSA) is 87.3 Å². The second-order valence-corrected chi connectivity index (χ2v) is 8.94. The molecule has 1 fully saturated rings. The number of hydrogen-bond acceptors (Lipinski definition) is 6. The molecule has 164 valence electrons. The van der Waals surface area contributed by atoms with Gasteiger partial charge in [0.25, 0.3) is 0 Å². The quantitative estimate of drug-likeness (QED) is 0.679. The van der Waals surface area contributed by atoms with E-state index in [1.807, 2.05) is 12.2 Å². The number of carbonyl (C=O) groups excluding carboxylic acids is 2. The van der Waals surface area contributed by atoms with Crippen molar-refractivity contribution in [1.29, 1.82) is 0 Å². The van der Waals surface area contributed by atoms with E-state index >= 15 is 0 Å². The average molecular weight is 445 g/mol. The Kier molecular flexibility index (Phi) is 6.72. The van der Waals surface area contributed by atoms with E-state index in [0.29, 0.717) is 25.2 Å². The normalized spacial score (nSPS) is 21.4. The van der Waals surface area contributed by atoms with Crippen molar-refractivity contribution in [2.24, 2.45) is 0 Å². The predicted octanol–water partition coefficient (Wildman–Crippen LogP) is 2.76. The van der Waals surface area contributed by atoms with Gasteiger partial charge in [-0.15, -0.1) is 11.8 Å². The third-order valence-electron chi connectivity index (χ3n) is 5.57. The number of halogens is 1. The Morgan fingerprint density at radius 3 is 3.06 bits per heavy atom. The number of amides is 1. The Morgan fingerprint density at radius 1 is 1.39 bits per heavy atom. The molecule has 3 aliphatic rings. The van der Waals surface area contributed by atoms with Gasteiger partial charge in [-0.3, -0.25) is 14.8 Å². The molecule has 4 rings (SSSR count). The molecule has 2 heterocycles. The number of methoxy groups -OCH3 is 1. The molecule has 1 atom stereocenters. The van der Waals surface area contributed by atoms with Gasteiger partial charge in [0.05, 0.1) is 18.1 Å². The van der Waals surface area contributed by atoms with Gasteiger partial charge in [0, 0.05) is 36.6 Å². The molecule has 1 aliphatic heterocycles. The van der Waals surface area contributed by atoms with E-state index in [2.05, 4.69) is 20.4 Å². The lowest BCUT2D eigenvalue weighted by Crippen LogP contribution is -2.45. The van der Waals surface area contributed by atoms with Crippen LogP contribution >= 0.6 is 11.8 Å². The Labute approximate surface area is 184 Å². The Morgan fingerprint density at radius 2 is 2.26 bits per heavy atom. The summed E-state index contributed by atoms with van der Waals surface area (Å²) >= 11 is 1.62. The number of H-pyrrole nitrogens is 1. The number of nitrogens with one attached hydrogen (secondary N) is 2. The van der Waals surface area contributed by atoms with Crippen molar-refractivity contribution in [2.45, 2.75) is 24.5 Å². The lowest BCUT2D eigenvalue weighted by Gasteiger charge is -2.32. The SMILES string of the molecule is COC(=O)c1n[nH]c2c1CC=C(NC(=O)C1CN(CC3=C(F)C=CCC3)CCS1)C=C2. The van der Waals surface area contributed by atoms with E-state index in [1.54, 1.807) is 30.0 Å². The number of esters is 1. The van der Waals surface area contributed by atoms with Gasteiger partial charge in [0.2, 0.25) is 5.91 Å². The van der Waals surface area contributed by atoms with Gasteiger partial charge in [-0.05, 0) is 43.1 Å². The molecule has 1 amide bonds. The average Bonchev–Trinajstić information content (AvgIpc) is 3.09. The molecule has 9 heteroatoms. The fourth-order valence-electron chi connectivity index (χ4n) is 3.87. The van der Waals surface area contributed by atoms with Crippen LogP contribution in [0, 0.1) is 0 Å². The summed E-state index contributed by atoms with van der Waals surface area (Å²) < 4.78 is 18.8. The first-order chi connectivity index (χ1) is 15.0. The Balaban J connectivity index is 1.37. The molecule has 1 unspecified atom stereocenters. The molecule has 1 aromatic rings. The van der Waals surface area contributed by atoms with Crippen LogP contribution in [0.4, 0.5) is 4.39 Å². The summed E-state index contributed by atoms with van der Waals surface area (Å²) in [5.41, 5.74) is 3.20. The van der Waals surface area contributed by atoms with E-state index in [9.17, 15) is 14.0 Å². The van der Waals surface area contributed by atoms with E-state index < -0.39 is 5.97 Å². The highest BCUT2D eigenvalue weighted by Gasteiger charge is 2.28. The number of carbonyl (C=O) groups is 2. The van der Waals surface area contributed by atoms with Crippen LogP contribution in [0.5, 0.6) is 0 Å². The van der Waals surface area contributed by atoms with Gasteiger partial charge in [0.15, 0.2) is 5.69 Å². The van der Waals surface area contributed by atoms with Crippen molar-refractivity contribution in [3.05, 3.63) is 58.4 Å². The summed E-state index contributed by atoms with van der Waals surface area (Å²) in [5, 5.41) is 9.62. The van der Waals surface area contributed by atoms with Crippen LogP contribution in [0.3, 0.4) is 0 Å². The largest absolute Gasteiger partial charge is 0.464 e. The highest BCUT2D eigenvalue weighted by Crippen LogP contribution is 2.25. The maximum atomic E-state index is 14.0. The van der Waals surface area contributed by atoms with E-state index in [0.717, 1.165) is 42.0 Å². The van der Waals surface area contributed by atoms with E-state index in [-0.39, 0.29) is 22.7 Å². The molecule has 31 heavy (non-hydrogen) atoms. The molecular weight excluding hydrogens is 419 g/mol. The number of thioether (sulfide) groups is 1. The minimum Gasteiger partial charge on any atom is -0.464 e. The first kappa shape index (κ1) is 21.6. The minimum atomic E-state index is -0.495. The van der Waals surface area contributed by atoms with Gasteiger partial charge < -0.3 is 10.1 Å².